The molecule has 0 radical (unpaired) electrons. The topological polar surface area (TPSA) is 25.4 Å². The van der Waals surface area contributed by atoms with E-state index in [1.807, 2.05) is 54.5 Å². The van der Waals surface area contributed by atoms with E-state index in [0.717, 1.165) is 22.8 Å². The van der Waals surface area contributed by atoms with Gasteiger partial charge in [0.1, 0.15) is 11.6 Å². The average Bonchev–Trinajstić information content (AvgIpc) is 2.47. The number of hydrogen-bond donors (Lipinski definition) is 0. The lowest BCUT2D eigenvalue weighted by atomic mass is 10.2. The van der Waals surface area contributed by atoms with Crippen LogP contribution in [0.25, 0.3) is 6.08 Å². The molecule has 1 aromatic heterocycles. The fraction of sp³-hybridized carbons (Fsp3) is 0.133. The average molecular weight is 240 g/mol. The van der Waals surface area contributed by atoms with Gasteiger partial charge in [0.15, 0.2) is 0 Å². The molecule has 0 aliphatic rings. The van der Waals surface area contributed by atoms with Gasteiger partial charge in [-0.25, -0.2) is 4.98 Å². The monoisotopic (exact) mass is 240 g/mol. The normalized spacial score (nSPS) is 9.89. The highest BCUT2D eigenvalue weighted by atomic mass is 16.5. The molecule has 92 valence electrons. The molecular weight excluding hydrogens is 224 g/mol. The quantitative estimate of drug-likeness (QED) is 0.817. The van der Waals surface area contributed by atoms with Crippen molar-refractivity contribution < 1.29 is 4.74 Å². The van der Waals surface area contributed by atoms with Crippen LogP contribution in [0.15, 0.2) is 49.2 Å². The van der Waals surface area contributed by atoms with E-state index in [0.29, 0.717) is 0 Å². The third-order valence-electron chi connectivity index (χ3n) is 2.81. The number of anilines is 2. The zero-order valence-corrected chi connectivity index (χ0v) is 10.6. The van der Waals surface area contributed by atoms with Crippen molar-refractivity contribution in [3.63, 3.8) is 0 Å². The third kappa shape index (κ3) is 2.51. The van der Waals surface area contributed by atoms with Crippen molar-refractivity contribution in [2.75, 3.05) is 19.1 Å². The van der Waals surface area contributed by atoms with Crippen LogP contribution in [-0.4, -0.2) is 19.1 Å². The number of methoxy groups -OCH3 is 1. The van der Waals surface area contributed by atoms with Gasteiger partial charge in [-0.2, -0.15) is 0 Å². The van der Waals surface area contributed by atoms with Gasteiger partial charge in [-0.05, 0) is 42.0 Å². The molecule has 1 heterocycles. The second-order valence-corrected chi connectivity index (χ2v) is 3.91. The summed E-state index contributed by atoms with van der Waals surface area (Å²) in [7, 11) is 3.64. The summed E-state index contributed by atoms with van der Waals surface area (Å²) >= 11 is 0. The molecule has 0 unspecified atom stereocenters. The Hall–Kier alpha value is -2.29. The second-order valence-electron chi connectivity index (χ2n) is 3.91. The molecule has 2 aromatic rings. The van der Waals surface area contributed by atoms with Gasteiger partial charge in [-0.1, -0.05) is 12.7 Å². The van der Waals surface area contributed by atoms with E-state index in [9.17, 15) is 0 Å². The number of benzene rings is 1. The highest BCUT2D eigenvalue weighted by Crippen LogP contribution is 2.24. The van der Waals surface area contributed by atoms with Crippen molar-refractivity contribution >= 4 is 17.6 Å². The van der Waals surface area contributed by atoms with E-state index >= 15 is 0 Å². The van der Waals surface area contributed by atoms with E-state index in [-0.39, 0.29) is 0 Å². The van der Waals surface area contributed by atoms with Crippen molar-refractivity contribution in [3.05, 3.63) is 54.7 Å². The minimum Gasteiger partial charge on any atom is -0.497 e. The number of hydrogen-bond acceptors (Lipinski definition) is 3. The molecule has 0 aliphatic carbocycles. The predicted molar refractivity (Wildman–Crippen MR) is 75.4 cm³/mol. The van der Waals surface area contributed by atoms with Gasteiger partial charge >= 0.3 is 0 Å². The third-order valence-corrected chi connectivity index (χ3v) is 2.81. The maximum Gasteiger partial charge on any atom is 0.132 e. The van der Waals surface area contributed by atoms with Crippen molar-refractivity contribution in [2.45, 2.75) is 0 Å². The number of pyridine rings is 1. The van der Waals surface area contributed by atoms with Crippen LogP contribution in [-0.2, 0) is 0 Å². The number of rotatable bonds is 4. The van der Waals surface area contributed by atoms with Crippen LogP contribution in [0.3, 0.4) is 0 Å². The number of aromatic nitrogens is 1. The SMILES string of the molecule is C=Cc1ccc(N(C)c2ccc(OC)cc2)nc1. The first-order chi connectivity index (χ1) is 8.74. The van der Waals surface area contributed by atoms with Crippen molar-refractivity contribution in [3.8, 4) is 5.75 Å². The zero-order valence-electron chi connectivity index (χ0n) is 10.6. The Morgan fingerprint density at radius 3 is 2.39 bits per heavy atom. The fourth-order valence-corrected chi connectivity index (χ4v) is 1.65. The number of ether oxygens (including phenoxy) is 1. The van der Waals surface area contributed by atoms with Crippen LogP contribution in [0.2, 0.25) is 0 Å². The van der Waals surface area contributed by atoms with E-state index in [4.69, 9.17) is 4.74 Å². The summed E-state index contributed by atoms with van der Waals surface area (Å²) in [6.07, 6.45) is 3.59. The molecule has 1 aromatic carbocycles. The summed E-state index contributed by atoms with van der Waals surface area (Å²) in [5.74, 6) is 1.74. The molecule has 0 amide bonds. The summed E-state index contributed by atoms with van der Waals surface area (Å²) in [6.45, 7) is 3.72. The molecule has 3 nitrogen and oxygen atoms in total. The molecule has 0 saturated carbocycles. The lowest BCUT2D eigenvalue weighted by Gasteiger charge is -2.18. The van der Waals surface area contributed by atoms with Crippen LogP contribution in [0, 0.1) is 0 Å². The first-order valence-electron chi connectivity index (χ1n) is 5.71. The first-order valence-corrected chi connectivity index (χ1v) is 5.71. The van der Waals surface area contributed by atoms with Crippen LogP contribution < -0.4 is 9.64 Å². The highest BCUT2D eigenvalue weighted by Gasteiger charge is 2.04. The minimum atomic E-state index is 0.849. The predicted octanol–water partition coefficient (Wildman–Crippen LogP) is 3.50. The van der Waals surface area contributed by atoms with E-state index in [1.54, 1.807) is 13.2 Å². The molecule has 0 spiro atoms. The van der Waals surface area contributed by atoms with Gasteiger partial charge in [-0.3, -0.25) is 0 Å². The Bertz CT molecular complexity index is 517. The Morgan fingerprint density at radius 2 is 1.89 bits per heavy atom. The summed E-state index contributed by atoms with van der Waals surface area (Å²) in [6, 6.07) is 11.8. The second kappa shape index (κ2) is 5.36. The standard InChI is InChI=1S/C15H16N2O/c1-4-12-5-10-15(16-11-12)17(2)13-6-8-14(18-3)9-7-13/h4-11H,1H2,2-3H3. The van der Waals surface area contributed by atoms with Gasteiger partial charge in [0.05, 0.1) is 7.11 Å². The minimum absolute atomic E-state index is 0.849. The Morgan fingerprint density at radius 1 is 1.17 bits per heavy atom. The summed E-state index contributed by atoms with van der Waals surface area (Å²) < 4.78 is 5.14. The van der Waals surface area contributed by atoms with Crippen molar-refractivity contribution in [1.82, 2.24) is 4.98 Å². The van der Waals surface area contributed by atoms with Gasteiger partial charge < -0.3 is 9.64 Å². The molecule has 3 heteroatoms. The van der Waals surface area contributed by atoms with Crippen molar-refractivity contribution in [2.24, 2.45) is 0 Å². The van der Waals surface area contributed by atoms with Gasteiger partial charge in [0.25, 0.3) is 0 Å². The maximum atomic E-state index is 5.14. The van der Waals surface area contributed by atoms with Gasteiger partial charge in [0.2, 0.25) is 0 Å². The molecule has 0 bridgehead atoms. The largest absolute Gasteiger partial charge is 0.497 e. The van der Waals surface area contributed by atoms with E-state index in [1.165, 1.54) is 0 Å². The van der Waals surface area contributed by atoms with Crippen LogP contribution in [0.1, 0.15) is 5.56 Å². The van der Waals surface area contributed by atoms with E-state index < -0.39 is 0 Å². The van der Waals surface area contributed by atoms with Gasteiger partial charge in [-0.15, -0.1) is 0 Å². The first kappa shape index (κ1) is 12.2. The lowest BCUT2D eigenvalue weighted by molar-refractivity contribution is 0.415. The lowest BCUT2D eigenvalue weighted by Crippen LogP contribution is -2.10. The van der Waals surface area contributed by atoms with Gasteiger partial charge in [0, 0.05) is 18.9 Å². The Labute approximate surface area is 107 Å². The van der Waals surface area contributed by atoms with Crippen LogP contribution >= 0.6 is 0 Å². The molecule has 0 atom stereocenters. The molecule has 0 N–H and O–H groups in total. The smallest absolute Gasteiger partial charge is 0.132 e. The van der Waals surface area contributed by atoms with Crippen molar-refractivity contribution in [1.29, 1.82) is 0 Å². The Balaban J connectivity index is 2.22. The van der Waals surface area contributed by atoms with E-state index in [2.05, 4.69) is 11.6 Å². The fourth-order valence-electron chi connectivity index (χ4n) is 1.65. The summed E-state index contributed by atoms with van der Waals surface area (Å²) in [5.41, 5.74) is 2.08. The molecule has 0 fully saturated rings. The van der Waals surface area contributed by atoms with Crippen LogP contribution in [0.5, 0.6) is 5.75 Å². The maximum absolute atomic E-state index is 5.14. The molecule has 18 heavy (non-hydrogen) atoms. The zero-order chi connectivity index (χ0) is 13.0. The summed E-state index contributed by atoms with van der Waals surface area (Å²) in [4.78, 5) is 6.41. The summed E-state index contributed by atoms with van der Waals surface area (Å²) in [5, 5.41) is 0. The highest BCUT2D eigenvalue weighted by molar-refractivity contribution is 5.61. The molecule has 0 aliphatic heterocycles. The van der Waals surface area contributed by atoms with Crippen LogP contribution in [0.4, 0.5) is 11.5 Å². The number of nitrogens with zero attached hydrogens (tertiary/aromatic N) is 2. The molecule has 2 rings (SSSR count). The molecule has 0 saturated heterocycles. The molecular formula is C15H16N2O. The Kier molecular flexibility index (Phi) is 3.63.